The zero-order valence-electron chi connectivity index (χ0n) is 12.9. The highest BCUT2D eigenvalue weighted by Gasteiger charge is 2.44. The van der Waals surface area contributed by atoms with Crippen molar-refractivity contribution in [2.24, 2.45) is 0 Å². The van der Waals surface area contributed by atoms with Crippen molar-refractivity contribution in [3.8, 4) is 0 Å². The molecule has 5 nitrogen and oxygen atoms in total. The molecule has 0 bridgehead atoms. The highest BCUT2D eigenvalue weighted by atomic mass is 35.5. The maximum Gasteiger partial charge on any atom is 0.265 e. The molecule has 2 aliphatic rings. The number of hydrogen-bond acceptors (Lipinski definition) is 3. The molecule has 1 heterocycles. The number of carbonyl (C=O) groups is 1. The van der Waals surface area contributed by atoms with E-state index in [9.17, 15) is 13.2 Å². The van der Waals surface area contributed by atoms with Gasteiger partial charge in [-0.2, -0.15) is 0 Å². The van der Waals surface area contributed by atoms with Gasteiger partial charge in [-0.1, -0.05) is 47.5 Å². The number of anilines is 1. The molecule has 130 valence electrons. The van der Waals surface area contributed by atoms with Gasteiger partial charge in [0.05, 0.1) is 4.90 Å². The molecule has 1 amide bonds. The maximum atomic E-state index is 12.7. The number of carbonyl (C=O) groups excluding carboxylic acids is 1. The molecule has 8 heteroatoms. The number of amides is 1. The first kappa shape index (κ1) is 16.8. The summed E-state index contributed by atoms with van der Waals surface area (Å²) in [5, 5.41) is 2.53. The van der Waals surface area contributed by atoms with Gasteiger partial charge in [-0.3, -0.25) is 4.79 Å². The van der Waals surface area contributed by atoms with Crippen molar-refractivity contribution in [1.82, 2.24) is 4.72 Å². The highest BCUT2D eigenvalue weighted by Crippen LogP contribution is 2.45. The second kappa shape index (κ2) is 5.71. The molecular weight excluding hydrogens is 383 g/mol. The fraction of sp³-hybridized carbons (Fsp3) is 0.235. The molecule has 2 aromatic carbocycles. The molecular formula is C17H14Cl2N2O3S. The van der Waals surface area contributed by atoms with Crippen LogP contribution in [-0.4, -0.2) is 20.4 Å². The average Bonchev–Trinajstić information content (AvgIpc) is 3.05. The van der Waals surface area contributed by atoms with Crippen LogP contribution in [0, 0.1) is 0 Å². The van der Waals surface area contributed by atoms with Crippen molar-refractivity contribution in [2.75, 3.05) is 5.32 Å². The number of benzene rings is 2. The van der Waals surface area contributed by atoms with Crippen molar-refractivity contribution in [3.05, 3.63) is 59.2 Å². The molecule has 1 aliphatic carbocycles. The van der Waals surface area contributed by atoms with E-state index in [0.717, 1.165) is 11.1 Å². The second-order valence-electron chi connectivity index (χ2n) is 6.23. The molecule has 2 aromatic rings. The van der Waals surface area contributed by atoms with Crippen molar-refractivity contribution >= 4 is 44.8 Å². The van der Waals surface area contributed by atoms with E-state index in [1.807, 2.05) is 24.3 Å². The van der Waals surface area contributed by atoms with Gasteiger partial charge in [0.1, 0.15) is 0 Å². The lowest BCUT2D eigenvalue weighted by Gasteiger charge is -2.15. The van der Waals surface area contributed by atoms with Crippen LogP contribution in [-0.2, 0) is 32.0 Å². The van der Waals surface area contributed by atoms with Gasteiger partial charge in [0.25, 0.3) is 5.91 Å². The number of alkyl halides is 2. The third kappa shape index (κ3) is 2.83. The van der Waals surface area contributed by atoms with Gasteiger partial charge in [-0.25, -0.2) is 13.1 Å². The van der Waals surface area contributed by atoms with Gasteiger partial charge in [0.15, 0.2) is 0 Å². The van der Waals surface area contributed by atoms with Gasteiger partial charge in [0.2, 0.25) is 14.4 Å². The third-order valence-electron chi connectivity index (χ3n) is 4.55. The number of hydrogen-bond donors (Lipinski definition) is 2. The topological polar surface area (TPSA) is 75.3 Å². The second-order valence-corrected chi connectivity index (χ2v) is 9.27. The molecule has 0 unspecified atom stereocenters. The molecule has 0 radical (unpaired) electrons. The Kier molecular flexibility index (Phi) is 3.85. The Morgan fingerprint density at radius 1 is 1.08 bits per heavy atom. The zero-order chi connectivity index (χ0) is 17.8. The minimum Gasteiger partial charge on any atom is -0.323 e. The SMILES string of the molecule is O=C1Nc2ccc(S(=O)(=O)NC3Cc4ccccc4C3)cc2C1(Cl)Cl. The molecule has 1 aliphatic heterocycles. The van der Waals surface area contributed by atoms with Crippen LogP contribution in [0.3, 0.4) is 0 Å². The summed E-state index contributed by atoms with van der Waals surface area (Å²) in [6.07, 6.45) is 1.30. The number of nitrogens with one attached hydrogen (secondary N) is 2. The lowest BCUT2D eigenvalue weighted by Crippen LogP contribution is -2.35. The lowest BCUT2D eigenvalue weighted by atomic mass is 10.1. The van der Waals surface area contributed by atoms with Crippen molar-refractivity contribution < 1.29 is 13.2 Å². The fourth-order valence-corrected chi connectivity index (χ4v) is 4.98. The summed E-state index contributed by atoms with van der Waals surface area (Å²) in [6.45, 7) is 0. The number of rotatable bonds is 3. The standard InChI is InChI=1S/C17H14Cl2N2O3S/c18-17(19)14-9-13(5-6-15(14)20-16(17)22)25(23,24)21-12-7-10-3-1-2-4-11(10)8-12/h1-6,9,12,21H,7-8H2,(H,20,22). The molecule has 0 aromatic heterocycles. The Morgan fingerprint density at radius 2 is 1.72 bits per heavy atom. The van der Waals surface area contributed by atoms with Crippen LogP contribution >= 0.6 is 23.2 Å². The summed E-state index contributed by atoms with van der Waals surface area (Å²) in [5.41, 5.74) is 2.97. The minimum atomic E-state index is -3.76. The summed E-state index contributed by atoms with van der Waals surface area (Å²) in [4.78, 5) is 11.8. The normalized spacial score (nSPS) is 18.7. The van der Waals surface area contributed by atoms with Gasteiger partial charge in [-0.15, -0.1) is 0 Å². The Labute approximate surface area is 155 Å². The van der Waals surface area contributed by atoms with Crippen LogP contribution in [0.1, 0.15) is 16.7 Å². The van der Waals surface area contributed by atoms with E-state index in [1.165, 1.54) is 18.2 Å². The molecule has 0 spiro atoms. The van der Waals surface area contributed by atoms with E-state index in [0.29, 0.717) is 18.5 Å². The lowest BCUT2D eigenvalue weighted by molar-refractivity contribution is -0.116. The Morgan fingerprint density at radius 3 is 2.36 bits per heavy atom. The average molecular weight is 397 g/mol. The van der Waals surface area contributed by atoms with E-state index in [1.54, 1.807) is 0 Å². The first-order valence-electron chi connectivity index (χ1n) is 7.70. The minimum absolute atomic E-state index is 0.0318. The molecule has 2 N–H and O–H groups in total. The van der Waals surface area contributed by atoms with E-state index < -0.39 is 20.3 Å². The molecule has 0 fully saturated rings. The van der Waals surface area contributed by atoms with E-state index >= 15 is 0 Å². The maximum absolute atomic E-state index is 12.7. The van der Waals surface area contributed by atoms with Crippen LogP contribution in [0.25, 0.3) is 0 Å². The van der Waals surface area contributed by atoms with Crippen molar-refractivity contribution in [1.29, 1.82) is 0 Å². The van der Waals surface area contributed by atoms with E-state index in [2.05, 4.69) is 10.0 Å². The predicted octanol–water partition coefficient (Wildman–Crippen LogP) is 2.71. The molecule has 0 saturated heterocycles. The summed E-state index contributed by atoms with van der Waals surface area (Å²) in [6, 6.07) is 12.0. The largest absolute Gasteiger partial charge is 0.323 e. The summed E-state index contributed by atoms with van der Waals surface area (Å²) < 4.78 is 26.4. The highest BCUT2D eigenvalue weighted by molar-refractivity contribution is 7.89. The monoisotopic (exact) mass is 396 g/mol. The first-order chi connectivity index (χ1) is 11.8. The van der Waals surface area contributed by atoms with Crippen molar-refractivity contribution in [2.45, 2.75) is 28.1 Å². The quantitative estimate of drug-likeness (QED) is 0.783. The number of sulfonamides is 1. The van der Waals surface area contributed by atoms with Crippen LogP contribution in [0.2, 0.25) is 0 Å². The molecule has 0 saturated carbocycles. The molecule has 4 rings (SSSR count). The summed E-state index contributed by atoms with van der Waals surface area (Å²) in [5.74, 6) is -0.584. The van der Waals surface area contributed by atoms with Crippen LogP contribution in [0.5, 0.6) is 0 Å². The Balaban J connectivity index is 1.60. The van der Waals surface area contributed by atoms with Crippen LogP contribution < -0.4 is 10.0 Å². The number of halogens is 2. The molecule has 25 heavy (non-hydrogen) atoms. The fourth-order valence-electron chi connectivity index (χ4n) is 3.31. The summed E-state index contributed by atoms with van der Waals surface area (Å²) in [7, 11) is -3.76. The Hall–Kier alpha value is -1.60. The van der Waals surface area contributed by atoms with Gasteiger partial charge >= 0.3 is 0 Å². The zero-order valence-corrected chi connectivity index (χ0v) is 15.3. The third-order valence-corrected chi connectivity index (χ3v) is 6.81. The van der Waals surface area contributed by atoms with Gasteiger partial charge in [-0.05, 0) is 42.2 Å². The van der Waals surface area contributed by atoms with Gasteiger partial charge in [0, 0.05) is 17.3 Å². The predicted molar refractivity (Wildman–Crippen MR) is 96.4 cm³/mol. The van der Waals surface area contributed by atoms with Crippen molar-refractivity contribution in [3.63, 3.8) is 0 Å². The smallest absolute Gasteiger partial charge is 0.265 e. The summed E-state index contributed by atoms with van der Waals surface area (Å²) >= 11 is 12.1. The van der Waals surface area contributed by atoms with Crippen LogP contribution in [0.4, 0.5) is 5.69 Å². The van der Waals surface area contributed by atoms with E-state index in [-0.39, 0.29) is 16.5 Å². The first-order valence-corrected chi connectivity index (χ1v) is 9.94. The number of fused-ring (bicyclic) bond motifs is 2. The molecule has 0 atom stereocenters. The van der Waals surface area contributed by atoms with E-state index in [4.69, 9.17) is 23.2 Å². The van der Waals surface area contributed by atoms with Gasteiger partial charge < -0.3 is 5.32 Å². The van der Waals surface area contributed by atoms with Crippen LogP contribution in [0.15, 0.2) is 47.4 Å². The Bertz CT molecular complexity index is 964.